The molecule has 0 saturated carbocycles. The van der Waals surface area contributed by atoms with Gasteiger partial charge in [0, 0.05) is 5.69 Å². The third-order valence-corrected chi connectivity index (χ3v) is 6.63. The van der Waals surface area contributed by atoms with Crippen LogP contribution in [0.5, 0.6) is 0 Å². The Morgan fingerprint density at radius 2 is 2.06 bits per heavy atom. The molecule has 1 amide bonds. The van der Waals surface area contributed by atoms with E-state index in [0.29, 0.717) is 26.6 Å². The van der Waals surface area contributed by atoms with Crippen LogP contribution in [0.3, 0.4) is 0 Å². The van der Waals surface area contributed by atoms with Gasteiger partial charge in [0.25, 0.3) is 5.56 Å². The summed E-state index contributed by atoms with van der Waals surface area (Å²) in [6.07, 6.45) is 0.881. The summed E-state index contributed by atoms with van der Waals surface area (Å²) in [6, 6.07) is 14.0. The molecular weight excluding hydrogens is 433 g/mol. The van der Waals surface area contributed by atoms with Crippen LogP contribution in [0, 0.1) is 12.7 Å². The van der Waals surface area contributed by atoms with E-state index in [1.54, 1.807) is 30.5 Å². The second-order valence-corrected chi connectivity index (χ2v) is 8.85. The van der Waals surface area contributed by atoms with Crippen LogP contribution < -0.4 is 10.9 Å². The van der Waals surface area contributed by atoms with Gasteiger partial charge in [0.15, 0.2) is 5.16 Å². The fourth-order valence-corrected chi connectivity index (χ4v) is 4.75. The summed E-state index contributed by atoms with van der Waals surface area (Å²) >= 11 is 2.48. The molecule has 2 aromatic heterocycles. The summed E-state index contributed by atoms with van der Waals surface area (Å²) in [5.41, 5.74) is 3.17. The third-order valence-electron chi connectivity index (χ3n) is 4.80. The predicted octanol–water partition coefficient (Wildman–Crippen LogP) is 5.19. The van der Waals surface area contributed by atoms with Crippen molar-refractivity contribution in [2.75, 3.05) is 11.1 Å². The van der Waals surface area contributed by atoms with Crippen LogP contribution in [0.4, 0.5) is 10.1 Å². The van der Waals surface area contributed by atoms with E-state index in [1.807, 2.05) is 24.3 Å². The van der Waals surface area contributed by atoms with Crippen LogP contribution in [0.2, 0.25) is 0 Å². The lowest BCUT2D eigenvalue weighted by molar-refractivity contribution is -0.113. The summed E-state index contributed by atoms with van der Waals surface area (Å²) < 4.78 is 15.7. The summed E-state index contributed by atoms with van der Waals surface area (Å²) in [7, 11) is 0. The SMILES string of the molecule is CCc1cccc(NC(=O)CSc2nc3ccsc3c(=O)n2-c2ccc(F)c(C)c2)c1. The number of aromatic nitrogens is 2. The smallest absolute Gasteiger partial charge is 0.276 e. The monoisotopic (exact) mass is 453 g/mol. The highest BCUT2D eigenvalue weighted by Crippen LogP contribution is 2.25. The first kappa shape index (κ1) is 21.3. The Bertz CT molecular complexity index is 1330. The predicted molar refractivity (Wildman–Crippen MR) is 125 cm³/mol. The number of carbonyl (C=O) groups excluding carboxylic acids is 1. The number of rotatable bonds is 6. The van der Waals surface area contributed by atoms with E-state index < -0.39 is 0 Å². The molecule has 2 heterocycles. The van der Waals surface area contributed by atoms with Gasteiger partial charge >= 0.3 is 0 Å². The number of benzene rings is 2. The van der Waals surface area contributed by atoms with Gasteiger partial charge in [-0.25, -0.2) is 9.37 Å². The molecule has 2 aromatic carbocycles. The molecule has 4 rings (SSSR count). The Morgan fingerprint density at radius 3 is 2.84 bits per heavy atom. The molecule has 5 nitrogen and oxygen atoms in total. The van der Waals surface area contributed by atoms with Gasteiger partial charge in [-0.05, 0) is 66.2 Å². The van der Waals surface area contributed by atoms with Gasteiger partial charge < -0.3 is 5.32 Å². The minimum Gasteiger partial charge on any atom is -0.325 e. The number of fused-ring (bicyclic) bond motifs is 1. The van der Waals surface area contributed by atoms with Gasteiger partial charge in [0.1, 0.15) is 10.5 Å². The molecule has 0 aliphatic rings. The number of hydrogen-bond acceptors (Lipinski definition) is 5. The van der Waals surface area contributed by atoms with Crippen molar-refractivity contribution in [1.29, 1.82) is 0 Å². The Hall–Kier alpha value is -2.97. The highest BCUT2D eigenvalue weighted by molar-refractivity contribution is 7.99. The van der Waals surface area contributed by atoms with E-state index in [-0.39, 0.29) is 23.0 Å². The van der Waals surface area contributed by atoms with Crippen molar-refractivity contribution in [3.63, 3.8) is 0 Å². The van der Waals surface area contributed by atoms with Crippen molar-refractivity contribution < 1.29 is 9.18 Å². The molecule has 8 heteroatoms. The zero-order valence-corrected chi connectivity index (χ0v) is 18.6. The molecule has 0 spiro atoms. The summed E-state index contributed by atoms with van der Waals surface area (Å²) in [5.74, 6) is -0.455. The molecule has 0 aliphatic carbocycles. The van der Waals surface area contributed by atoms with Crippen LogP contribution in [0.15, 0.2) is 63.9 Å². The summed E-state index contributed by atoms with van der Waals surface area (Å²) in [4.78, 5) is 30.3. The maximum absolute atomic E-state index is 13.8. The Morgan fingerprint density at radius 1 is 1.23 bits per heavy atom. The number of amides is 1. The second-order valence-electron chi connectivity index (χ2n) is 6.99. The van der Waals surface area contributed by atoms with Crippen LogP contribution in [-0.4, -0.2) is 21.2 Å². The van der Waals surface area contributed by atoms with Crippen molar-refractivity contribution in [2.24, 2.45) is 0 Å². The first-order valence-electron chi connectivity index (χ1n) is 9.74. The van der Waals surface area contributed by atoms with Crippen molar-refractivity contribution >= 4 is 44.9 Å². The quantitative estimate of drug-likeness (QED) is 0.322. The van der Waals surface area contributed by atoms with Gasteiger partial charge in [-0.2, -0.15) is 0 Å². The standard InChI is InChI=1S/C23H20FN3O2S2/c1-3-15-5-4-6-16(12-15)25-20(28)13-31-23-26-19-9-10-30-21(19)22(29)27(23)17-7-8-18(24)14(2)11-17/h4-12H,3,13H2,1-2H3,(H,25,28). The van der Waals surface area contributed by atoms with Crippen molar-refractivity contribution in [3.8, 4) is 5.69 Å². The first-order chi connectivity index (χ1) is 15.0. The van der Waals surface area contributed by atoms with Crippen LogP contribution >= 0.6 is 23.1 Å². The van der Waals surface area contributed by atoms with E-state index >= 15 is 0 Å². The summed E-state index contributed by atoms with van der Waals surface area (Å²) in [5, 5.41) is 5.08. The molecule has 0 aliphatic heterocycles. The number of thioether (sulfide) groups is 1. The van der Waals surface area contributed by atoms with Crippen molar-refractivity contribution in [3.05, 3.63) is 81.2 Å². The molecule has 31 heavy (non-hydrogen) atoms. The number of nitrogens with one attached hydrogen (secondary N) is 1. The molecule has 0 radical (unpaired) electrons. The molecule has 0 atom stereocenters. The number of thiophene rings is 1. The maximum atomic E-state index is 13.8. The largest absolute Gasteiger partial charge is 0.325 e. The fraction of sp³-hybridized carbons (Fsp3) is 0.174. The van der Waals surface area contributed by atoms with Crippen LogP contribution in [-0.2, 0) is 11.2 Å². The van der Waals surface area contributed by atoms with E-state index in [1.165, 1.54) is 33.7 Å². The lowest BCUT2D eigenvalue weighted by Gasteiger charge is -2.13. The maximum Gasteiger partial charge on any atom is 0.276 e. The van der Waals surface area contributed by atoms with Crippen molar-refractivity contribution in [1.82, 2.24) is 9.55 Å². The number of halogens is 1. The van der Waals surface area contributed by atoms with E-state index in [4.69, 9.17) is 0 Å². The van der Waals surface area contributed by atoms with Crippen LogP contribution in [0.1, 0.15) is 18.1 Å². The zero-order valence-electron chi connectivity index (χ0n) is 17.0. The van der Waals surface area contributed by atoms with Gasteiger partial charge in [0.2, 0.25) is 5.91 Å². The zero-order chi connectivity index (χ0) is 22.0. The van der Waals surface area contributed by atoms with E-state index in [9.17, 15) is 14.0 Å². The van der Waals surface area contributed by atoms with Gasteiger partial charge in [-0.15, -0.1) is 11.3 Å². The number of carbonyl (C=O) groups is 1. The lowest BCUT2D eigenvalue weighted by atomic mass is 10.1. The average molecular weight is 454 g/mol. The first-order valence-corrected chi connectivity index (χ1v) is 11.6. The normalized spacial score (nSPS) is 11.1. The van der Waals surface area contributed by atoms with Gasteiger partial charge in [0.05, 0.1) is 17.0 Å². The molecule has 0 fully saturated rings. The minimum absolute atomic E-state index is 0.0820. The molecule has 4 aromatic rings. The van der Waals surface area contributed by atoms with E-state index in [2.05, 4.69) is 17.2 Å². The molecule has 0 saturated heterocycles. The number of hydrogen-bond donors (Lipinski definition) is 1. The molecule has 1 N–H and O–H groups in total. The third kappa shape index (κ3) is 4.55. The Labute approximate surface area is 187 Å². The fourth-order valence-electron chi connectivity index (χ4n) is 3.18. The molecular formula is C23H20FN3O2S2. The number of anilines is 1. The molecule has 158 valence electrons. The average Bonchev–Trinajstić information content (AvgIpc) is 3.24. The van der Waals surface area contributed by atoms with Gasteiger partial charge in [-0.1, -0.05) is 30.8 Å². The lowest BCUT2D eigenvalue weighted by Crippen LogP contribution is -2.22. The second kappa shape index (κ2) is 9.03. The Balaban J connectivity index is 1.64. The van der Waals surface area contributed by atoms with Crippen molar-refractivity contribution in [2.45, 2.75) is 25.4 Å². The molecule has 0 bridgehead atoms. The number of nitrogens with zero attached hydrogens (tertiary/aromatic N) is 2. The van der Waals surface area contributed by atoms with E-state index in [0.717, 1.165) is 17.7 Å². The summed E-state index contributed by atoms with van der Waals surface area (Å²) in [6.45, 7) is 3.70. The molecule has 0 unspecified atom stereocenters. The minimum atomic E-state index is -0.343. The number of aryl methyl sites for hydroxylation is 2. The Kier molecular flexibility index (Phi) is 6.20. The highest BCUT2D eigenvalue weighted by atomic mass is 32.2. The topological polar surface area (TPSA) is 64.0 Å². The van der Waals surface area contributed by atoms with Gasteiger partial charge in [-0.3, -0.25) is 14.2 Å². The van der Waals surface area contributed by atoms with Crippen LogP contribution in [0.25, 0.3) is 15.9 Å². The highest BCUT2D eigenvalue weighted by Gasteiger charge is 2.16.